The van der Waals surface area contributed by atoms with Gasteiger partial charge in [-0.1, -0.05) is 29.8 Å². The van der Waals surface area contributed by atoms with E-state index in [-0.39, 0.29) is 15.7 Å². The van der Waals surface area contributed by atoms with Crippen molar-refractivity contribution in [2.24, 2.45) is 0 Å². The SMILES string of the molecule is Cc1cc2c(Cl)ncnc2n1S(=O)(=O)c1ccccc1. The Bertz CT molecular complexity index is 889. The van der Waals surface area contributed by atoms with Crippen LogP contribution >= 0.6 is 11.6 Å². The van der Waals surface area contributed by atoms with Crippen molar-refractivity contribution in [1.82, 2.24) is 13.9 Å². The first-order valence-corrected chi connectivity index (χ1v) is 7.63. The lowest BCUT2D eigenvalue weighted by atomic mass is 10.4. The predicted molar refractivity (Wildman–Crippen MR) is 76.3 cm³/mol. The molecule has 0 aliphatic rings. The van der Waals surface area contributed by atoms with Crippen LogP contribution in [0.25, 0.3) is 11.0 Å². The Morgan fingerprint density at radius 3 is 2.55 bits per heavy atom. The maximum Gasteiger partial charge on any atom is 0.269 e. The molecule has 1 aromatic carbocycles. The van der Waals surface area contributed by atoms with Crippen LogP contribution in [0, 0.1) is 6.92 Å². The van der Waals surface area contributed by atoms with E-state index < -0.39 is 10.0 Å². The minimum Gasteiger partial charge on any atom is -0.224 e. The molecular weight excluding hydrogens is 298 g/mol. The van der Waals surface area contributed by atoms with Crippen LogP contribution in [-0.4, -0.2) is 22.4 Å². The third kappa shape index (κ3) is 1.88. The van der Waals surface area contributed by atoms with Crippen molar-refractivity contribution in [3.8, 4) is 0 Å². The molecule has 0 aliphatic carbocycles. The molecule has 0 saturated heterocycles. The first-order chi connectivity index (χ1) is 9.51. The van der Waals surface area contributed by atoms with Gasteiger partial charge in [-0.15, -0.1) is 0 Å². The third-order valence-corrected chi connectivity index (χ3v) is 5.07. The molecule has 0 radical (unpaired) electrons. The molecule has 0 aliphatic heterocycles. The summed E-state index contributed by atoms with van der Waals surface area (Å²) in [5, 5.41) is 0.756. The van der Waals surface area contributed by atoms with Crippen molar-refractivity contribution < 1.29 is 8.42 Å². The molecule has 0 saturated carbocycles. The Kier molecular flexibility index (Phi) is 2.99. The summed E-state index contributed by atoms with van der Waals surface area (Å²) >= 11 is 5.98. The molecule has 3 aromatic rings. The molecular formula is C13H10ClN3O2S. The number of hydrogen-bond acceptors (Lipinski definition) is 4. The van der Waals surface area contributed by atoms with E-state index in [4.69, 9.17) is 11.6 Å². The van der Waals surface area contributed by atoms with Crippen LogP contribution in [0.3, 0.4) is 0 Å². The number of hydrogen-bond donors (Lipinski definition) is 0. The molecule has 102 valence electrons. The molecule has 0 bridgehead atoms. The second-order valence-electron chi connectivity index (χ2n) is 4.27. The zero-order valence-corrected chi connectivity index (χ0v) is 12.1. The zero-order valence-electron chi connectivity index (χ0n) is 10.5. The first kappa shape index (κ1) is 13.1. The molecule has 0 N–H and O–H groups in total. The van der Waals surface area contributed by atoms with Crippen molar-refractivity contribution in [3.05, 3.63) is 53.6 Å². The maximum absolute atomic E-state index is 12.7. The van der Waals surface area contributed by atoms with E-state index in [2.05, 4.69) is 9.97 Å². The summed E-state index contributed by atoms with van der Waals surface area (Å²) in [6.45, 7) is 1.69. The Balaban J connectivity index is 2.36. The first-order valence-electron chi connectivity index (χ1n) is 5.81. The minimum absolute atomic E-state index is 0.204. The molecule has 2 aromatic heterocycles. The average Bonchev–Trinajstić information content (AvgIpc) is 2.78. The molecule has 0 spiro atoms. The van der Waals surface area contributed by atoms with Gasteiger partial charge in [0.05, 0.1) is 10.3 Å². The smallest absolute Gasteiger partial charge is 0.224 e. The highest BCUT2D eigenvalue weighted by Crippen LogP contribution is 2.27. The van der Waals surface area contributed by atoms with Crippen molar-refractivity contribution in [3.63, 3.8) is 0 Å². The molecule has 5 nitrogen and oxygen atoms in total. The summed E-state index contributed by atoms with van der Waals surface area (Å²) in [7, 11) is -3.70. The Labute approximate surface area is 120 Å². The summed E-state index contributed by atoms with van der Waals surface area (Å²) in [5.74, 6) is 0. The summed E-state index contributed by atoms with van der Waals surface area (Å²) in [6.07, 6.45) is 1.25. The standard InChI is InChI=1S/C13H10ClN3O2S/c1-9-7-11-12(14)15-8-16-13(11)17(9)20(18,19)10-5-3-2-4-6-10/h2-8H,1H3. The Hall–Kier alpha value is -1.92. The normalized spacial score (nSPS) is 11.9. The maximum atomic E-state index is 12.7. The molecule has 0 fully saturated rings. The van der Waals surface area contributed by atoms with Crippen LogP contribution in [0.1, 0.15) is 5.69 Å². The molecule has 20 heavy (non-hydrogen) atoms. The number of rotatable bonds is 2. The van der Waals surface area contributed by atoms with Gasteiger partial charge < -0.3 is 0 Å². The highest BCUT2D eigenvalue weighted by molar-refractivity contribution is 7.90. The van der Waals surface area contributed by atoms with Crippen LogP contribution in [0.15, 0.2) is 47.6 Å². The average molecular weight is 308 g/mol. The van der Waals surface area contributed by atoms with E-state index in [1.165, 1.54) is 10.3 Å². The highest BCUT2D eigenvalue weighted by Gasteiger charge is 2.23. The fraction of sp³-hybridized carbons (Fsp3) is 0.0769. The number of halogens is 1. The second kappa shape index (κ2) is 4.57. The van der Waals surface area contributed by atoms with Gasteiger partial charge in [0.15, 0.2) is 5.65 Å². The van der Waals surface area contributed by atoms with Gasteiger partial charge in [0.25, 0.3) is 10.0 Å². The van der Waals surface area contributed by atoms with Gasteiger partial charge in [-0.25, -0.2) is 22.4 Å². The zero-order chi connectivity index (χ0) is 14.3. The number of benzene rings is 1. The van der Waals surface area contributed by atoms with Crippen LogP contribution in [0.4, 0.5) is 0 Å². The summed E-state index contributed by atoms with van der Waals surface area (Å²) < 4.78 is 26.6. The van der Waals surface area contributed by atoms with Crippen LogP contribution in [-0.2, 0) is 10.0 Å². The van der Waals surface area contributed by atoms with Gasteiger partial charge >= 0.3 is 0 Å². The molecule has 0 unspecified atom stereocenters. The fourth-order valence-corrected chi connectivity index (χ4v) is 3.79. The highest BCUT2D eigenvalue weighted by atomic mass is 35.5. The van der Waals surface area contributed by atoms with Crippen LogP contribution < -0.4 is 0 Å². The van der Waals surface area contributed by atoms with Gasteiger partial charge in [-0.3, -0.25) is 0 Å². The molecule has 7 heteroatoms. The van der Waals surface area contributed by atoms with Gasteiger partial charge in [-0.05, 0) is 25.1 Å². The number of nitrogens with zero attached hydrogens (tertiary/aromatic N) is 3. The Morgan fingerprint density at radius 2 is 1.85 bits per heavy atom. The number of aryl methyl sites for hydroxylation is 1. The largest absolute Gasteiger partial charge is 0.269 e. The van der Waals surface area contributed by atoms with Crippen molar-refractivity contribution in [1.29, 1.82) is 0 Å². The quantitative estimate of drug-likeness (QED) is 0.683. The van der Waals surface area contributed by atoms with E-state index >= 15 is 0 Å². The lowest BCUT2D eigenvalue weighted by molar-refractivity contribution is 0.587. The van der Waals surface area contributed by atoms with Crippen LogP contribution in [0.2, 0.25) is 5.15 Å². The molecule has 3 rings (SSSR count). The minimum atomic E-state index is -3.70. The lowest BCUT2D eigenvalue weighted by Crippen LogP contribution is -2.14. The van der Waals surface area contributed by atoms with Gasteiger partial charge in [0.1, 0.15) is 11.5 Å². The van der Waals surface area contributed by atoms with Crippen molar-refractivity contribution in [2.45, 2.75) is 11.8 Å². The van der Waals surface area contributed by atoms with E-state index in [0.717, 1.165) is 0 Å². The number of aromatic nitrogens is 3. The molecule has 2 heterocycles. The topological polar surface area (TPSA) is 64.8 Å². The monoisotopic (exact) mass is 307 g/mol. The summed E-state index contributed by atoms with van der Waals surface area (Å²) in [6, 6.07) is 9.87. The van der Waals surface area contributed by atoms with E-state index in [0.29, 0.717) is 11.1 Å². The fourth-order valence-electron chi connectivity index (χ4n) is 2.09. The summed E-state index contributed by atoms with van der Waals surface area (Å²) in [5.41, 5.74) is 0.817. The predicted octanol–water partition coefficient (Wildman–Crippen LogP) is 2.63. The number of fused-ring (bicyclic) bond motifs is 1. The lowest BCUT2D eigenvalue weighted by Gasteiger charge is -2.08. The van der Waals surface area contributed by atoms with Gasteiger partial charge in [-0.2, -0.15) is 0 Å². The van der Waals surface area contributed by atoms with Crippen LogP contribution in [0.5, 0.6) is 0 Å². The van der Waals surface area contributed by atoms with Gasteiger partial charge in [0.2, 0.25) is 0 Å². The van der Waals surface area contributed by atoms with E-state index in [9.17, 15) is 8.42 Å². The Morgan fingerprint density at radius 1 is 1.15 bits per heavy atom. The van der Waals surface area contributed by atoms with E-state index in [1.54, 1.807) is 43.3 Å². The summed E-state index contributed by atoms with van der Waals surface area (Å²) in [4.78, 5) is 8.11. The molecule has 0 atom stereocenters. The van der Waals surface area contributed by atoms with Gasteiger partial charge in [0, 0.05) is 5.69 Å². The van der Waals surface area contributed by atoms with Crippen molar-refractivity contribution in [2.75, 3.05) is 0 Å². The third-order valence-electron chi connectivity index (χ3n) is 2.96. The van der Waals surface area contributed by atoms with Crippen molar-refractivity contribution >= 4 is 32.7 Å². The van der Waals surface area contributed by atoms with E-state index in [1.807, 2.05) is 0 Å². The molecule has 0 amide bonds. The second-order valence-corrected chi connectivity index (χ2v) is 6.41.